The van der Waals surface area contributed by atoms with Crippen molar-refractivity contribution in [2.24, 2.45) is 5.84 Å². The molecule has 0 unspecified atom stereocenters. The molecule has 3 N–H and O–H groups in total. The molecule has 0 spiro atoms. The Morgan fingerprint density at radius 3 is 3.00 bits per heavy atom. The van der Waals surface area contributed by atoms with Gasteiger partial charge in [0.2, 0.25) is 5.91 Å². The third kappa shape index (κ3) is 5.82. The van der Waals surface area contributed by atoms with Crippen molar-refractivity contribution in [3.8, 4) is 0 Å². The average molecular weight is 242 g/mol. The maximum atomic E-state index is 10.8. The molecule has 1 amide bonds. The number of unbranched alkanes of at least 4 members (excludes halogenated alkanes) is 2. The molecule has 0 radical (unpaired) electrons. The van der Waals surface area contributed by atoms with Crippen molar-refractivity contribution < 1.29 is 9.21 Å². The van der Waals surface area contributed by atoms with Gasteiger partial charge in [-0.2, -0.15) is 11.8 Å². The molecule has 1 rings (SSSR count). The van der Waals surface area contributed by atoms with E-state index in [2.05, 4.69) is 5.43 Å². The number of thioether (sulfide) groups is 1. The number of carbonyl (C=O) groups is 1. The molecule has 1 aromatic heterocycles. The van der Waals surface area contributed by atoms with E-state index in [0.717, 1.165) is 36.5 Å². The summed E-state index contributed by atoms with van der Waals surface area (Å²) in [4.78, 5) is 10.8. The molecule has 16 heavy (non-hydrogen) atoms. The van der Waals surface area contributed by atoms with Crippen LogP contribution < -0.4 is 11.3 Å². The fraction of sp³-hybridized carbons (Fsp3) is 0.545. The maximum Gasteiger partial charge on any atom is 0.233 e. The molecular formula is C11H18N2O2S. The van der Waals surface area contributed by atoms with Gasteiger partial charge < -0.3 is 4.42 Å². The van der Waals surface area contributed by atoms with Gasteiger partial charge in [-0.05, 0) is 30.7 Å². The minimum atomic E-state index is -0.0803. The van der Waals surface area contributed by atoms with Gasteiger partial charge in [-0.1, -0.05) is 6.42 Å². The van der Waals surface area contributed by atoms with E-state index in [1.807, 2.05) is 23.9 Å². The van der Waals surface area contributed by atoms with Crippen molar-refractivity contribution in [1.29, 1.82) is 0 Å². The second-order valence-electron chi connectivity index (χ2n) is 3.51. The highest BCUT2D eigenvalue weighted by molar-refractivity contribution is 7.98. The monoisotopic (exact) mass is 242 g/mol. The largest absolute Gasteiger partial charge is 0.468 e. The summed E-state index contributed by atoms with van der Waals surface area (Å²) in [6.45, 7) is 0. The Bertz CT molecular complexity index is 288. The van der Waals surface area contributed by atoms with E-state index in [-0.39, 0.29) is 5.91 Å². The van der Waals surface area contributed by atoms with E-state index in [9.17, 15) is 4.79 Å². The SMILES string of the molecule is NNC(=O)CCCCCSCc1ccco1. The summed E-state index contributed by atoms with van der Waals surface area (Å²) < 4.78 is 5.22. The van der Waals surface area contributed by atoms with Gasteiger partial charge in [0.25, 0.3) is 0 Å². The van der Waals surface area contributed by atoms with Crippen LogP contribution in [0, 0.1) is 0 Å². The smallest absolute Gasteiger partial charge is 0.233 e. The number of amides is 1. The third-order valence-electron chi connectivity index (χ3n) is 2.18. The Hall–Kier alpha value is -0.940. The van der Waals surface area contributed by atoms with Crippen LogP contribution in [-0.2, 0) is 10.5 Å². The number of nitrogens with two attached hydrogens (primary N) is 1. The number of hydrogen-bond acceptors (Lipinski definition) is 4. The standard InChI is InChI=1S/C11H18N2O2S/c12-13-11(14)6-2-1-3-8-16-9-10-5-4-7-15-10/h4-5,7H,1-3,6,8-9,12H2,(H,13,14). The van der Waals surface area contributed by atoms with Crippen molar-refractivity contribution in [3.05, 3.63) is 24.2 Å². The topological polar surface area (TPSA) is 68.3 Å². The lowest BCUT2D eigenvalue weighted by molar-refractivity contribution is -0.121. The molecular weight excluding hydrogens is 224 g/mol. The van der Waals surface area contributed by atoms with Crippen molar-refractivity contribution in [3.63, 3.8) is 0 Å². The second-order valence-corrected chi connectivity index (χ2v) is 4.62. The van der Waals surface area contributed by atoms with Crippen LogP contribution in [0.25, 0.3) is 0 Å². The predicted molar refractivity (Wildman–Crippen MR) is 65.7 cm³/mol. The van der Waals surface area contributed by atoms with Crippen LogP contribution in [0.1, 0.15) is 31.4 Å². The molecule has 0 aliphatic carbocycles. The van der Waals surface area contributed by atoms with E-state index in [4.69, 9.17) is 10.3 Å². The number of carbonyl (C=O) groups excluding carboxylic acids is 1. The maximum absolute atomic E-state index is 10.8. The quantitative estimate of drug-likeness (QED) is 0.317. The lowest BCUT2D eigenvalue weighted by Gasteiger charge is -2.00. The normalized spacial score (nSPS) is 10.3. The van der Waals surface area contributed by atoms with Crippen LogP contribution in [-0.4, -0.2) is 11.7 Å². The highest BCUT2D eigenvalue weighted by Gasteiger charge is 1.98. The highest BCUT2D eigenvalue weighted by Crippen LogP contribution is 2.14. The molecule has 0 aliphatic heterocycles. The van der Waals surface area contributed by atoms with Crippen molar-refractivity contribution in [2.75, 3.05) is 5.75 Å². The molecule has 0 saturated carbocycles. The molecule has 0 aliphatic rings. The van der Waals surface area contributed by atoms with Gasteiger partial charge in [-0.25, -0.2) is 5.84 Å². The summed E-state index contributed by atoms with van der Waals surface area (Å²) in [6.07, 6.45) is 5.33. The fourth-order valence-electron chi connectivity index (χ4n) is 1.31. The summed E-state index contributed by atoms with van der Waals surface area (Å²) in [5.41, 5.74) is 2.13. The first kappa shape index (κ1) is 13.1. The zero-order valence-corrected chi connectivity index (χ0v) is 10.1. The molecule has 4 nitrogen and oxygen atoms in total. The van der Waals surface area contributed by atoms with Crippen LogP contribution >= 0.6 is 11.8 Å². The molecule has 0 aromatic carbocycles. The zero-order valence-electron chi connectivity index (χ0n) is 9.28. The lowest BCUT2D eigenvalue weighted by atomic mass is 10.2. The molecule has 5 heteroatoms. The number of furan rings is 1. The Morgan fingerprint density at radius 1 is 1.44 bits per heavy atom. The predicted octanol–water partition coefficient (Wildman–Crippen LogP) is 2.06. The number of rotatable bonds is 8. The van der Waals surface area contributed by atoms with Crippen molar-refractivity contribution in [2.45, 2.75) is 31.4 Å². The Kier molecular flexibility index (Phi) is 6.76. The van der Waals surface area contributed by atoms with Crippen LogP contribution in [0.2, 0.25) is 0 Å². The van der Waals surface area contributed by atoms with Crippen molar-refractivity contribution in [1.82, 2.24) is 5.43 Å². The molecule has 90 valence electrons. The van der Waals surface area contributed by atoms with Gasteiger partial charge in [0.05, 0.1) is 12.0 Å². The fourth-order valence-corrected chi connectivity index (χ4v) is 2.22. The minimum Gasteiger partial charge on any atom is -0.468 e. The van der Waals surface area contributed by atoms with Gasteiger partial charge in [-0.15, -0.1) is 0 Å². The van der Waals surface area contributed by atoms with E-state index in [0.29, 0.717) is 6.42 Å². The van der Waals surface area contributed by atoms with Gasteiger partial charge in [0, 0.05) is 6.42 Å². The summed E-state index contributed by atoms with van der Waals surface area (Å²) in [5, 5.41) is 0. The van der Waals surface area contributed by atoms with Crippen LogP contribution in [0.4, 0.5) is 0 Å². The average Bonchev–Trinajstić information content (AvgIpc) is 2.80. The van der Waals surface area contributed by atoms with E-state index in [1.54, 1.807) is 6.26 Å². The molecule has 0 saturated heterocycles. The zero-order chi connectivity index (χ0) is 11.6. The number of nitrogens with one attached hydrogen (secondary N) is 1. The summed E-state index contributed by atoms with van der Waals surface area (Å²) in [6, 6.07) is 3.89. The van der Waals surface area contributed by atoms with Gasteiger partial charge in [-0.3, -0.25) is 10.2 Å². The first-order valence-electron chi connectivity index (χ1n) is 5.42. The van der Waals surface area contributed by atoms with Crippen LogP contribution in [0.15, 0.2) is 22.8 Å². The van der Waals surface area contributed by atoms with E-state index >= 15 is 0 Å². The molecule has 0 fully saturated rings. The lowest BCUT2D eigenvalue weighted by Crippen LogP contribution is -2.29. The van der Waals surface area contributed by atoms with Gasteiger partial charge in [0.15, 0.2) is 0 Å². The summed E-state index contributed by atoms with van der Waals surface area (Å²) >= 11 is 1.86. The Labute approximate surface area is 99.9 Å². The van der Waals surface area contributed by atoms with Gasteiger partial charge in [0.1, 0.15) is 5.76 Å². The minimum absolute atomic E-state index is 0.0803. The second kappa shape index (κ2) is 8.24. The number of hydrogen-bond donors (Lipinski definition) is 2. The Balaban J connectivity index is 1.87. The third-order valence-corrected chi connectivity index (χ3v) is 3.24. The Morgan fingerprint density at radius 2 is 2.31 bits per heavy atom. The van der Waals surface area contributed by atoms with Gasteiger partial charge >= 0.3 is 0 Å². The first-order valence-corrected chi connectivity index (χ1v) is 6.58. The first-order chi connectivity index (χ1) is 7.83. The molecule has 0 atom stereocenters. The van der Waals surface area contributed by atoms with Crippen LogP contribution in [0.3, 0.4) is 0 Å². The molecule has 1 heterocycles. The molecule has 1 aromatic rings. The summed E-state index contributed by atoms with van der Waals surface area (Å²) in [5.74, 6) is 7.94. The van der Waals surface area contributed by atoms with E-state index < -0.39 is 0 Å². The molecule has 0 bridgehead atoms. The van der Waals surface area contributed by atoms with Crippen LogP contribution in [0.5, 0.6) is 0 Å². The van der Waals surface area contributed by atoms with E-state index in [1.165, 1.54) is 0 Å². The highest BCUT2D eigenvalue weighted by atomic mass is 32.2. The number of hydrazine groups is 1. The summed E-state index contributed by atoms with van der Waals surface area (Å²) in [7, 11) is 0. The van der Waals surface area contributed by atoms with Crippen molar-refractivity contribution >= 4 is 17.7 Å².